The zero-order chi connectivity index (χ0) is 8.55. The fraction of sp³-hybridized carbons (Fsp3) is 0.375. The maximum atomic E-state index is 11.3. The van der Waals surface area contributed by atoms with Gasteiger partial charge in [-0.1, -0.05) is 0 Å². The van der Waals surface area contributed by atoms with E-state index in [4.69, 9.17) is 15.1 Å². The third kappa shape index (κ3) is 1.27. The van der Waals surface area contributed by atoms with Crippen LogP contribution < -0.4 is 0 Å². The largest absolute Gasteiger partial charge is 0.453 e. The number of carbonyl (C=O) groups is 1. The lowest BCUT2D eigenvalue weighted by atomic mass is 9.98. The van der Waals surface area contributed by atoms with E-state index in [9.17, 15) is 4.79 Å². The summed E-state index contributed by atoms with van der Waals surface area (Å²) in [5.41, 5.74) is 0.726. The number of hydrogen-bond donors (Lipinski definition) is 0. The van der Waals surface area contributed by atoms with E-state index in [-0.39, 0.29) is 5.78 Å². The second-order valence-electron chi connectivity index (χ2n) is 2.76. The second kappa shape index (κ2) is 3.15. The molecule has 0 saturated carbocycles. The standard InChI is InChI=1S/C8H7ClO2S/c9-12-8-4-5-6(10)2-1-3-7(5)11-8/h4H,1-3H2. The molecule has 0 radical (unpaired) electrons. The number of ketones is 1. The monoisotopic (exact) mass is 202 g/mol. The fourth-order valence-corrected chi connectivity index (χ4v) is 1.93. The van der Waals surface area contributed by atoms with Gasteiger partial charge in [0.05, 0.1) is 5.56 Å². The average Bonchev–Trinajstić information content (AvgIpc) is 2.49. The summed E-state index contributed by atoms with van der Waals surface area (Å²) in [6.07, 6.45) is 2.39. The number of carbonyl (C=O) groups excluding carboxylic acids is 1. The molecule has 0 amide bonds. The molecule has 0 aliphatic heterocycles. The van der Waals surface area contributed by atoms with Crippen molar-refractivity contribution in [3.63, 3.8) is 0 Å². The van der Waals surface area contributed by atoms with Crippen molar-refractivity contribution in [1.29, 1.82) is 0 Å². The molecule has 12 heavy (non-hydrogen) atoms. The van der Waals surface area contributed by atoms with E-state index in [1.807, 2.05) is 0 Å². The van der Waals surface area contributed by atoms with E-state index in [0.717, 1.165) is 35.1 Å². The van der Waals surface area contributed by atoms with Crippen molar-refractivity contribution in [2.45, 2.75) is 24.4 Å². The van der Waals surface area contributed by atoms with Gasteiger partial charge < -0.3 is 4.42 Å². The molecule has 0 N–H and O–H groups in total. The highest BCUT2D eigenvalue weighted by molar-refractivity contribution is 8.21. The molecule has 0 spiro atoms. The van der Waals surface area contributed by atoms with Gasteiger partial charge >= 0.3 is 0 Å². The number of fused-ring (bicyclic) bond motifs is 1. The molecule has 0 aromatic carbocycles. The molecule has 0 bridgehead atoms. The molecule has 4 heteroatoms. The number of aryl methyl sites for hydroxylation is 1. The maximum Gasteiger partial charge on any atom is 0.176 e. The van der Waals surface area contributed by atoms with E-state index in [2.05, 4.69) is 0 Å². The predicted molar refractivity (Wildman–Crippen MR) is 47.7 cm³/mol. The number of furan rings is 1. The predicted octanol–water partition coefficient (Wildman–Crippen LogP) is 3.04. The van der Waals surface area contributed by atoms with Crippen LogP contribution in [0.4, 0.5) is 0 Å². The van der Waals surface area contributed by atoms with Crippen molar-refractivity contribution in [1.82, 2.24) is 0 Å². The molecule has 1 aliphatic rings. The maximum absolute atomic E-state index is 11.3. The molecule has 1 aromatic rings. The SMILES string of the molecule is O=C1CCCc2oc(SCl)cc21. The lowest BCUT2D eigenvalue weighted by Gasteiger charge is -2.06. The summed E-state index contributed by atoms with van der Waals surface area (Å²) in [6.45, 7) is 0. The molecular formula is C8H7ClO2S. The Bertz CT molecular complexity index is 319. The minimum absolute atomic E-state index is 0.178. The zero-order valence-electron chi connectivity index (χ0n) is 6.30. The van der Waals surface area contributed by atoms with E-state index in [1.165, 1.54) is 0 Å². The third-order valence-electron chi connectivity index (χ3n) is 1.97. The van der Waals surface area contributed by atoms with Crippen molar-refractivity contribution in [3.05, 3.63) is 17.4 Å². The first-order valence-corrected chi connectivity index (χ1v) is 5.40. The van der Waals surface area contributed by atoms with Crippen molar-refractivity contribution in [3.8, 4) is 0 Å². The van der Waals surface area contributed by atoms with Crippen LogP contribution in [0.1, 0.15) is 29.0 Å². The van der Waals surface area contributed by atoms with Gasteiger partial charge in [0, 0.05) is 29.9 Å². The number of Topliss-reactive ketones (excluding diaryl/α,β-unsaturated/α-hetero) is 1. The van der Waals surface area contributed by atoms with Crippen LogP contribution in [-0.2, 0) is 6.42 Å². The lowest BCUT2D eigenvalue weighted by molar-refractivity contribution is 0.0969. The van der Waals surface area contributed by atoms with Gasteiger partial charge in [-0.3, -0.25) is 4.79 Å². The van der Waals surface area contributed by atoms with Crippen molar-refractivity contribution >= 4 is 27.4 Å². The van der Waals surface area contributed by atoms with Crippen molar-refractivity contribution in [2.24, 2.45) is 0 Å². The molecule has 1 aliphatic carbocycles. The fourth-order valence-electron chi connectivity index (χ4n) is 1.41. The van der Waals surface area contributed by atoms with Gasteiger partial charge in [-0.15, -0.1) is 0 Å². The van der Waals surface area contributed by atoms with Gasteiger partial charge in [0.15, 0.2) is 10.9 Å². The second-order valence-corrected chi connectivity index (χ2v) is 3.78. The van der Waals surface area contributed by atoms with E-state index >= 15 is 0 Å². The minimum Gasteiger partial charge on any atom is -0.453 e. The molecule has 0 atom stereocenters. The van der Waals surface area contributed by atoms with Crippen LogP contribution in [0.2, 0.25) is 0 Å². The Balaban J connectivity index is 2.43. The molecule has 2 rings (SSSR count). The lowest BCUT2D eigenvalue weighted by Crippen LogP contribution is -2.07. The summed E-state index contributed by atoms with van der Waals surface area (Å²) in [6, 6.07) is 1.73. The Morgan fingerprint density at radius 3 is 3.00 bits per heavy atom. The summed E-state index contributed by atoms with van der Waals surface area (Å²) in [4.78, 5) is 11.3. The summed E-state index contributed by atoms with van der Waals surface area (Å²) in [5, 5.41) is 0.622. The summed E-state index contributed by atoms with van der Waals surface area (Å²) in [5.74, 6) is 0.978. The highest BCUT2D eigenvalue weighted by atomic mass is 35.7. The van der Waals surface area contributed by atoms with Gasteiger partial charge in [-0.05, 0) is 17.1 Å². The van der Waals surface area contributed by atoms with Crippen LogP contribution in [0.15, 0.2) is 15.6 Å². The van der Waals surface area contributed by atoms with E-state index in [0.29, 0.717) is 11.5 Å². The van der Waals surface area contributed by atoms with Crippen LogP contribution in [0, 0.1) is 0 Å². The molecule has 0 saturated heterocycles. The van der Waals surface area contributed by atoms with Gasteiger partial charge in [0.25, 0.3) is 0 Å². The highest BCUT2D eigenvalue weighted by Gasteiger charge is 2.21. The molecule has 0 fully saturated rings. The zero-order valence-corrected chi connectivity index (χ0v) is 7.87. The minimum atomic E-state index is 0.178. The van der Waals surface area contributed by atoms with Crippen LogP contribution in [-0.4, -0.2) is 5.78 Å². The van der Waals surface area contributed by atoms with Gasteiger partial charge in [0.1, 0.15) is 5.76 Å². The summed E-state index contributed by atoms with van der Waals surface area (Å²) in [7, 11) is 6.52. The number of rotatable bonds is 1. The number of hydrogen-bond acceptors (Lipinski definition) is 3. The molecule has 0 unspecified atom stereocenters. The molecular weight excluding hydrogens is 196 g/mol. The van der Waals surface area contributed by atoms with Crippen LogP contribution in [0.3, 0.4) is 0 Å². The third-order valence-corrected chi connectivity index (χ3v) is 2.78. The van der Waals surface area contributed by atoms with Gasteiger partial charge in [-0.25, -0.2) is 0 Å². The topological polar surface area (TPSA) is 30.2 Å². The van der Waals surface area contributed by atoms with Crippen LogP contribution in [0.5, 0.6) is 0 Å². The van der Waals surface area contributed by atoms with Crippen LogP contribution >= 0.6 is 21.7 Å². The first-order valence-electron chi connectivity index (χ1n) is 3.76. The molecule has 2 nitrogen and oxygen atoms in total. The Morgan fingerprint density at radius 2 is 2.33 bits per heavy atom. The Kier molecular flexibility index (Phi) is 2.15. The Morgan fingerprint density at radius 1 is 1.50 bits per heavy atom. The summed E-state index contributed by atoms with van der Waals surface area (Å²) >= 11 is 0. The Labute approximate surface area is 78.8 Å². The summed E-state index contributed by atoms with van der Waals surface area (Å²) < 4.78 is 5.34. The van der Waals surface area contributed by atoms with Gasteiger partial charge in [0.2, 0.25) is 0 Å². The highest BCUT2D eigenvalue weighted by Crippen LogP contribution is 2.31. The van der Waals surface area contributed by atoms with Gasteiger partial charge in [-0.2, -0.15) is 0 Å². The van der Waals surface area contributed by atoms with Crippen molar-refractivity contribution < 1.29 is 9.21 Å². The first kappa shape index (κ1) is 8.20. The average molecular weight is 203 g/mol. The molecule has 1 aromatic heterocycles. The first-order chi connectivity index (χ1) is 5.81. The normalized spacial score (nSPS) is 16.2. The van der Waals surface area contributed by atoms with Crippen molar-refractivity contribution in [2.75, 3.05) is 0 Å². The Hall–Kier alpha value is -0.410. The molecule has 64 valence electrons. The quantitative estimate of drug-likeness (QED) is 0.701. The molecule has 1 heterocycles. The number of halogens is 1. The van der Waals surface area contributed by atoms with Crippen LogP contribution in [0.25, 0.3) is 0 Å². The van der Waals surface area contributed by atoms with E-state index in [1.54, 1.807) is 6.07 Å². The smallest absolute Gasteiger partial charge is 0.176 e. The van der Waals surface area contributed by atoms with E-state index < -0.39 is 0 Å².